The molecule has 1 rings (SSSR count). The molecule has 0 radical (unpaired) electrons. The van der Waals surface area contributed by atoms with E-state index in [4.69, 9.17) is 16.3 Å². The van der Waals surface area contributed by atoms with Gasteiger partial charge in [-0.3, -0.25) is 9.59 Å². The number of hydrogen-bond acceptors (Lipinski definition) is 3. The van der Waals surface area contributed by atoms with Gasteiger partial charge in [0.1, 0.15) is 5.92 Å². The van der Waals surface area contributed by atoms with Gasteiger partial charge in [0, 0.05) is 10.7 Å². The summed E-state index contributed by atoms with van der Waals surface area (Å²) in [7, 11) is 0. The van der Waals surface area contributed by atoms with E-state index >= 15 is 0 Å². The fourth-order valence-corrected chi connectivity index (χ4v) is 2.19. The summed E-state index contributed by atoms with van der Waals surface area (Å²) >= 11 is 5.94. The number of anilines is 1. The fraction of sp³-hybridized carbons (Fsp3) is 0.500. The lowest BCUT2D eigenvalue weighted by atomic mass is 9.80. The van der Waals surface area contributed by atoms with Crippen molar-refractivity contribution in [2.24, 2.45) is 11.3 Å². The number of esters is 1. The van der Waals surface area contributed by atoms with Crippen LogP contribution >= 0.6 is 11.6 Å². The maximum Gasteiger partial charge on any atom is 0.319 e. The van der Waals surface area contributed by atoms with E-state index < -0.39 is 17.3 Å². The Kier molecular flexibility index (Phi) is 5.78. The summed E-state index contributed by atoms with van der Waals surface area (Å²) in [5.41, 5.74) is 0.943. The minimum atomic E-state index is -0.879. The lowest BCUT2D eigenvalue weighted by Crippen LogP contribution is -2.40. The van der Waals surface area contributed by atoms with E-state index in [0.717, 1.165) is 5.56 Å². The quantitative estimate of drug-likeness (QED) is 0.679. The van der Waals surface area contributed by atoms with Crippen molar-refractivity contribution >= 4 is 29.2 Å². The molecule has 1 aromatic carbocycles. The van der Waals surface area contributed by atoms with Crippen LogP contribution in [-0.2, 0) is 14.3 Å². The van der Waals surface area contributed by atoms with Gasteiger partial charge in [0.2, 0.25) is 5.91 Å². The van der Waals surface area contributed by atoms with Gasteiger partial charge in [-0.15, -0.1) is 0 Å². The second-order valence-electron chi connectivity index (χ2n) is 6.00. The van der Waals surface area contributed by atoms with Gasteiger partial charge in [-0.1, -0.05) is 38.4 Å². The summed E-state index contributed by atoms with van der Waals surface area (Å²) in [5.74, 6) is -1.77. The average Bonchev–Trinajstić information content (AvgIpc) is 2.32. The molecule has 0 aliphatic rings. The van der Waals surface area contributed by atoms with Gasteiger partial charge in [0.05, 0.1) is 6.61 Å². The van der Waals surface area contributed by atoms with Gasteiger partial charge in [-0.05, 0) is 37.0 Å². The normalized spacial score (nSPS) is 12.7. The highest BCUT2D eigenvalue weighted by atomic mass is 35.5. The molecule has 21 heavy (non-hydrogen) atoms. The first kappa shape index (κ1) is 17.5. The Morgan fingerprint density at radius 1 is 1.33 bits per heavy atom. The van der Waals surface area contributed by atoms with Crippen molar-refractivity contribution < 1.29 is 14.3 Å². The van der Waals surface area contributed by atoms with Gasteiger partial charge < -0.3 is 10.1 Å². The van der Waals surface area contributed by atoms with E-state index in [1.54, 1.807) is 19.1 Å². The fourth-order valence-electron chi connectivity index (χ4n) is 2.01. The third kappa shape index (κ3) is 4.74. The molecule has 0 saturated heterocycles. The van der Waals surface area contributed by atoms with Crippen LogP contribution in [0.25, 0.3) is 0 Å². The number of ether oxygens (including phenoxy) is 1. The molecule has 0 bridgehead atoms. The standard InChI is InChI=1S/C16H22ClNO3/c1-6-21-15(20)13(16(3,4)5)14(19)18-12-9-11(17)8-7-10(12)2/h7-9,13H,6H2,1-5H3,(H,18,19). The van der Waals surface area contributed by atoms with Crippen molar-refractivity contribution in [3.05, 3.63) is 28.8 Å². The summed E-state index contributed by atoms with van der Waals surface area (Å²) in [5, 5.41) is 3.30. The maximum atomic E-state index is 12.5. The minimum absolute atomic E-state index is 0.245. The molecule has 0 heterocycles. The number of aryl methyl sites for hydroxylation is 1. The molecule has 0 saturated carbocycles. The van der Waals surface area contributed by atoms with Gasteiger partial charge >= 0.3 is 5.97 Å². The van der Waals surface area contributed by atoms with Gasteiger partial charge in [-0.2, -0.15) is 0 Å². The smallest absolute Gasteiger partial charge is 0.319 e. The summed E-state index contributed by atoms with van der Waals surface area (Å²) in [6.45, 7) is 9.32. The van der Waals surface area contributed by atoms with Crippen LogP contribution in [0.2, 0.25) is 5.02 Å². The number of carbonyl (C=O) groups is 2. The molecule has 0 aromatic heterocycles. The molecular weight excluding hydrogens is 290 g/mol. The zero-order valence-corrected chi connectivity index (χ0v) is 13.9. The van der Waals surface area contributed by atoms with Crippen LogP contribution in [0.4, 0.5) is 5.69 Å². The van der Waals surface area contributed by atoms with Crippen LogP contribution in [0.15, 0.2) is 18.2 Å². The summed E-state index contributed by atoms with van der Waals surface area (Å²) in [4.78, 5) is 24.5. The van der Waals surface area contributed by atoms with Crippen molar-refractivity contribution in [1.29, 1.82) is 0 Å². The van der Waals surface area contributed by atoms with Gasteiger partial charge in [-0.25, -0.2) is 0 Å². The first-order valence-electron chi connectivity index (χ1n) is 6.90. The van der Waals surface area contributed by atoms with Gasteiger partial charge in [0.25, 0.3) is 0 Å². The van der Waals surface area contributed by atoms with E-state index in [1.165, 1.54) is 0 Å². The minimum Gasteiger partial charge on any atom is -0.465 e. The second-order valence-corrected chi connectivity index (χ2v) is 6.44. The van der Waals surface area contributed by atoms with E-state index in [9.17, 15) is 9.59 Å². The molecule has 4 nitrogen and oxygen atoms in total. The monoisotopic (exact) mass is 311 g/mol. The first-order chi connectivity index (χ1) is 9.66. The molecule has 0 fully saturated rings. The number of rotatable bonds is 4. The van der Waals surface area contributed by atoms with Crippen molar-refractivity contribution in [1.82, 2.24) is 0 Å². The third-order valence-electron chi connectivity index (χ3n) is 3.11. The predicted octanol–water partition coefficient (Wildman–Crippen LogP) is 3.81. The number of halogens is 1. The SMILES string of the molecule is CCOC(=O)C(C(=O)Nc1cc(Cl)ccc1C)C(C)(C)C. The molecule has 116 valence electrons. The molecule has 1 N–H and O–H groups in total. The molecule has 1 atom stereocenters. The molecule has 0 aliphatic carbocycles. The number of carbonyl (C=O) groups excluding carboxylic acids is 2. The Labute approximate surface area is 130 Å². The number of amides is 1. The summed E-state index contributed by atoms with van der Waals surface area (Å²) in [6.07, 6.45) is 0. The largest absolute Gasteiger partial charge is 0.465 e. The molecule has 0 spiro atoms. The summed E-state index contributed by atoms with van der Waals surface area (Å²) in [6, 6.07) is 5.23. The van der Waals surface area contributed by atoms with E-state index in [-0.39, 0.29) is 12.5 Å². The van der Waals surface area contributed by atoms with Crippen LogP contribution in [0.3, 0.4) is 0 Å². The van der Waals surface area contributed by atoms with Gasteiger partial charge in [0.15, 0.2) is 0 Å². The molecular formula is C16H22ClNO3. The van der Waals surface area contributed by atoms with E-state index in [0.29, 0.717) is 10.7 Å². The molecule has 1 aromatic rings. The second kappa shape index (κ2) is 6.94. The van der Waals surface area contributed by atoms with Crippen LogP contribution in [-0.4, -0.2) is 18.5 Å². The molecule has 0 aliphatic heterocycles. The van der Waals surface area contributed by atoms with Crippen LogP contribution in [0.5, 0.6) is 0 Å². The third-order valence-corrected chi connectivity index (χ3v) is 3.34. The highest BCUT2D eigenvalue weighted by Crippen LogP contribution is 2.29. The van der Waals surface area contributed by atoms with Crippen LogP contribution < -0.4 is 5.32 Å². The molecule has 1 amide bonds. The highest BCUT2D eigenvalue weighted by Gasteiger charge is 2.39. The van der Waals surface area contributed by atoms with Crippen molar-refractivity contribution in [3.63, 3.8) is 0 Å². The van der Waals surface area contributed by atoms with Crippen molar-refractivity contribution in [2.75, 3.05) is 11.9 Å². The Bertz CT molecular complexity index is 535. The number of benzene rings is 1. The lowest BCUT2D eigenvalue weighted by Gasteiger charge is -2.27. The zero-order valence-electron chi connectivity index (χ0n) is 13.1. The number of hydrogen-bond donors (Lipinski definition) is 1. The Balaban J connectivity index is 3.01. The topological polar surface area (TPSA) is 55.4 Å². The Morgan fingerprint density at radius 3 is 2.48 bits per heavy atom. The van der Waals surface area contributed by atoms with Crippen molar-refractivity contribution in [2.45, 2.75) is 34.6 Å². The molecule has 1 unspecified atom stereocenters. The highest BCUT2D eigenvalue weighted by molar-refractivity contribution is 6.31. The molecule has 5 heteroatoms. The van der Waals surface area contributed by atoms with Crippen LogP contribution in [0.1, 0.15) is 33.3 Å². The number of nitrogens with one attached hydrogen (secondary N) is 1. The maximum absolute atomic E-state index is 12.5. The average molecular weight is 312 g/mol. The summed E-state index contributed by atoms with van der Waals surface area (Å²) < 4.78 is 5.02. The van der Waals surface area contributed by atoms with E-state index in [2.05, 4.69) is 5.32 Å². The zero-order chi connectivity index (χ0) is 16.2. The lowest BCUT2D eigenvalue weighted by molar-refractivity contribution is -0.155. The Hall–Kier alpha value is -1.55. The predicted molar refractivity (Wildman–Crippen MR) is 84.4 cm³/mol. The van der Waals surface area contributed by atoms with Crippen LogP contribution in [0, 0.1) is 18.3 Å². The Morgan fingerprint density at radius 2 is 1.95 bits per heavy atom. The first-order valence-corrected chi connectivity index (χ1v) is 7.28. The van der Waals surface area contributed by atoms with E-state index in [1.807, 2.05) is 33.8 Å². The van der Waals surface area contributed by atoms with Crippen molar-refractivity contribution in [3.8, 4) is 0 Å².